The third-order valence-electron chi connectivity index (χ3n) is 7.01. The molecule has 9 nitrogen and oxygen atoms in total. The van der Waals surface area contributed by atoms with E-state index in [-0.39, 0.29) is 6.54 Å². The third kappa shape index (κ3) is 15.2. The summed E-state index contributed by atoms with van der Waals surface area (Å²) in [4.78, 5) is 12.8. The van der Waals surface area contributed by atoms with Crippen LogP contribution in [-0.2, 0) is 0 Å². The van der Waals surface area contributed by atoms with Gasteiger partial charge in [-0.2, -0.15) is 0 Å². The van der Waals surface area contributed by atoms with Crippen LogP contribution in [0.5, 0.6) is 11.5 Å². The fourth-order valence-electron chi connectivity index (χ4n) is 4.35. The molecule has 0 aromatic heterocycles. The van der Waals surface area contributed by atoms with Crippen molar-refractivity contribution >= 4 is 5.91 Å². The predicted octanol–water partition coefficient (Wildman–Crippen LogP) is 4.11. The van der Waals surface area contributed by atoms with Gasteiger partial charge in [-0.3, -0.25) is 4.79 Å². The quantitative estimate of drug-likeness (QED) is 0.0964. The van der Waals surface area contributed by atoms with E-state index >= 15 is 0 Å². The number of aliphatic hydroxyl groups is 5. The van der Waals surface area contributed by atoms with E-state index in [1.807, 2.05) is 0 Å². The van der Waals surface area contributed by atoms with Gasteiger partial charge in [0.05, 0.1) is 25.9 Å². The average molecular weight is 570 g/mol. The molecule has 0 aliphatic heterocycles. The van der Waals surface area contributed by atoms with E-state index in [2.05, 4.69) is 19.2 Å². The molecule has 6 N–H and O–H groups in total. The van der Waals surface area contributed by atoms with Crippen LogP contribution in [0.2, 0.25) is 0 Å². The minimum Gasteiger partial charge on any atom is -0.490 e. The van der Waals surface area contributed by atoms with Crippen molar-refractivity contribution in [3.8, 4) is 11.5 Å². The Morgan fingerprint density at radius 1 is 0.700 bits per heavy atom. The lowest BCUT2D eigenvalue weighted by Crippen LogP contribution is -2.49. The zero-order chi connectivity index (χ0) is 29.6. The molecular weight excluding hydrogens is 514 g/mol. The Labute approximate surface area is 240 Å². The summed E-state index contributed by atoms with van der Waals surface area (Å²) in [6.45, 7) is 4.37. The second-order valence-corrected chi connectivity index (χ2v) is 10.6. The Balaban J connectivity index is 2.68. The molecule has 0 radical (unpaired) electrons. The predicted molar refractivity (Wildman–Crippen MR) is 157 cm³/mol. The zero-order valence-corrected chi connectivity index (χ0v) is 24.7. The molecular formula is C31H55NO8. The number of hydrogen-bond donors (Lipinski definition) is 6. The summed E-state index contributed by atoms with van der Waals surface area (Å²) in [7, 11) is 0. The van der Waals surface area contributed by atoms with Crippen LogP contribution < -0.4 is 14.8 Å². The number of aliphatic hydroxyl groups excluding tert-OH is 5. The number of rotatable bonds is 25. The zero-order valence-electron chi connectivity index (χ0n) is 24.7. The fourth-order valence-corrected chi connectivity index (χ4v) is 4.35. The second-order valence-electron chi connectivity index (χ2n) is 10.6. The normalized spacial score (nSPS) is 14.4. The maximum atomic E-state index is 12.8. The van der Waals surface area contributed by atoms with Crippen LogP contribution in [0.1, 0.15) is 114 Å². The van der Waals surface area contributed by atoms with E-state index in [0.29, 0.717) is 30.3 Å². The Kier molecular flexibility index (Phi) is 20.5. The van der Waals surface area contributed by atoms with Gasteiger partial charge in [0.2, 0.25) is 0 Å². The summed E-state index contributed by atoms with van der Waals surface area (Å²) in [6.07, 6.45) is 9.79. The number of amides is 1. The summed E-state index contributed by atoms with van der Waals surface area (Å²) < 4.78 is 12.0. The van der Waals surface area contributed by atoms with Crippen LogP contribution in [0.4, 0.5) is 0 Å². The van der Waals surface area contributed by atoms with Gasteiger partial charge in [-0.15, -0.1) is 0 Å². The molecule has 0 aliphatic rings. The van der Waals surface area contributed by atoms with Gasteiger partial charge in [0.25, 0.3) is 5.91 Å². The Bertz CT molecular complexity index is 778. The number of hydrogen-bond acceptors (Lipinski definition) is 8. The fraction of sp³-hybridized carbons (Fsp3) is 0.774. The van der Waals surface area contributed by atoms with Crippen molar-refractivity contribution in [2.24, 2.45) is 0 Å². The number of nitrogens with one attached hydrogen (secondary N) is 1. The molecule has 1 rings (SSSR count). The van der Waals surface area contributed by atoms with Gasteiger partial charge in [-0.05, 0) is 31.0 Å². The highest BCUT2D eigenvalue weighted by Crippen LogP contribution is 2.29. The van der Waals surface area contributed by atoms with E-state index < -0.39 is 36.9 Å². The Morgan fingerprint density at radius 3 is 1.70 bits per heavy atom. The summed E-state index contributed by atoms with van der Waals surface area (Å²) in [5, 5.41) is 50.7. The highest BCUT2D eigenvalue weighted by molar-refractivity contribution is 5.94. The molecule has 0 unspecified atom stereocenters. The molecule has 0 spiro atoms. The first kappa shape index (κ1) is 36.1. The van der Waals surface area contributed by atoms with Gasteiger partial charge in [-0.1, -0.05) is 90.9 Å². The maximum Gasteiger partial charge on any atom is 0.251 e. The molecule has 1 aromatic carbocycles. The van der Waals surface area contributed by atoms with E-state index in [1.165, 1.54) is 64.2 Å². The number of ether oxygens (including phenoxy) is 2. The highest BCUT2D eigenvalue weighted by atomic mass is 16.5. The monoisotopic (exact) mass is 569 g/mol. The van der Waals surface area contributed by atoms with E-state index in [1.54, 1.807) is 18.2 Å². The van der Waals surface area contributed by atoms with E-state index in [4.69, 9.17) is 14.6 Å². The van der Waals surface area contributed by atoms with Crippen molar-refractivity contribution < 1.29 is 39.8 Å². The van der Waals surface area contributed by atoms with Crippen molar-refractivity contribution in [3.05, 3.63) is 23.8 Å². The topological polar surface area (TPSA) is 149 Å². The van der Waals surface area contributed by atoms with Gasteiger partial charge < -0.3 is 40.3 Å². The second kappa shape index (κ2) is 22.7. The van der Waals surface area contributed by atoms with Crippen LogP contribution in [-0.4, -0.2) is 82.2 Å². The van der Waals surface area contributed by atoms with E-state index in [9.17, 15) is 25.2 Å². The van der Waals surface area contributed by atoms with Crippen LogP contribution in [0.3, 0.4) is 0 Å². The first-order chi connectivity index (χ1) is 19.3. The Morgan fingerprint density at radius 2 is 1.18 bits per heavy atom. The third-order valence-corrected chi connectivity index (χ3v) is 7.01. The summed E-state index contributed by atoms with van der Waals surface area (Å²) in [5.74, 6) is 0.577. The standard InChI is InChI=1S/C31H55NO8/c1-3-5-7-9-11-13-15-19-39-27-18-17-24(21-28(27)40-20-16-14-12-10-8-6-4-2)31(38)32-22-25(34)29(36)30(37)26(35)23-33/h17-18,21,25-26,29-30,33-37H,3-16,19-20,22-23H2,1-2H3,(H,32,38)/t25-,26-,29+,30+/m0/s1. The molecule has 1 amide bonds. The number of benzene rings is 1. The lowest BCUT2D eigenvalue weighted by Gasteiger charge is -2.25. The lowest BCUT2D eigenvalue weighted by molar-refractivity contribution is -0.113. The van der Waals surface area contributed by atoms with Crippen molar-refractivity contribution in [1.82, 2.24) is 5.32 Å². The Hall–Kier alpha value is -1.91. The van der Waals surface area contributed by atoms with E-state index in [0.717, 1.165) is 25.7 Å². The minimum atomic E-state index is -1.75. The van der Waals surface area contributed by atoms with Gasteiger partial charge in [0.1, 0.15) is 18.3 Å². The largest absolute Gasteiger partial charge is 0.490 e. The van der Waals surface area contributed by atoms with Gasteiger partial charge in [0.15, 0.2) is 11.5 Å². The number of carbonyl (C=O) groups is 1. The van der Waals surface area contributed by atoms with Crippen molar-refractivity contribution in [1.29, 1.82) is 0 Å². The molecule has 0 saturated carbocycles. The molecule has 9 heteroatoms. The molecule has 1 aromatic rings. The summed E-state index contributed by atoms with van der Waals surface area (Å²) in [5.41, 5.74) is 0.301. The van der Waals surface area contributed by atoms with Gasteiger partial charge in [-0.25, -0.2) is 0 Å². The average Bonchev–Trinajstić information content (AvgIpc) is 2.97. The smallest absolute Gasteiger partial charge is 0.251 e. The maximum absolute atomic E-state index is 12.8. The van der Waals surface area contributed by atoms with Crippen LogP contribution >= 0.6 is 0 Å². The molecule has 40 heavy (non-hydrogen) atoms. The molecule has 0 aliphatic carbocycles. The minimum absolute atomic E-state index is 0.301. The van der Waals surface area contributed by atoms with Crippen molar-refractivity contribution in [2.45, 2.75) is 128 Å². The van der Waals surface area contributed by atoms with Gasteiger partial charge in [0, 0.05) is 12.1 Å². The first-order valence-corrected chi connectivity index (χ1v) is 15.4. The van der Waals surface area contributed by atoms with Crippen LogP contribution in [0.25, 0.3) is 0 Å². The van der Waals surface area contributed by atoms with Crippen molar-refractivity contribution in [2.75, 3.05) is 26.4 Å². The highest BCUT2D eigenvalue weighted by Gasteiger charge is 2.30. The number of unbranched alkanes of at least 4 members (excludes halogenated alkanes) is 12. The molecule has 232 valence electrons. The van der Waals surface area contributed by atoms with Crippen molar-refractivity contribution in [3.63, 3.8) is 0 Å². The van der Waals surface area contributed by atoms with Gasteiger partial charge >= 0.3 is 0 Å². The molecule has 4 atom stereocenters. The molecule has 0 saturated heterocycles. The molecule has 0 heterocycles. The first-order valence-electron chi connectivity index (χ1n) is 15.4. The molecule has 0 fully saturated rings. The van der Waals surface area contributed by atoms with Crippen LogP contribution in [0, 0.1) is 0 Å². The number of carbonyl (C=O) groups excluding carboxylic acids is 1. The SMILES string of the molecule is CCCCCCCCCOc1ccc(C(=O)NC[C@H](O)[C@@H](O)[C@H](O)[C@@H](O)CO)cc1OCCCCCCCCC. The summed E-state index contributed by atoms with van der Waals surface area (Å²) >= 11 is 0. The van der Waals surface area contributed by atoms with Crippen LogP contribution in [0.15, 0.2) is 18.2 Å². The molecule has 0 bridgehead atoms. The summed E-state index contributed by atoms with van der Waals surface area (Å²) in [6, 6.07) is 4.94. The lowest BCUT2D eigenvalue weighted by atomic mass is 10.0.